The Morgan fingerprint density at radius 2 is 1.85 bits per heavy atom. The minimum Gasteiger partial charge on any atom is -0.384 e. The van der Waals surface area contributed by atoms with Gasteiger partial charge in [-0.1, -0.05) is 0 Å². The van der Waals surface area contributed by atoms with Crippen LogP contribution < -0.4 is 16.4 Å². The number of anilines is 2. The first-order valence-corrected chi connectivity index (χ1v) is 11.7. The number of hydrogen-bond acceptors (Lipinski definition) is 11. The second kappa shape index (κ2) is 8.78. The average Bonchev–Trinajstić information content (AvgIpc) is 3.30. The summed E-state index contributed by atoms with van der Waals surface area (Å²) >= 11 is 1.51. The molecule has 0 unspecified atom stereocenters. The zero-order valence-corrected chi connectivity index (χ0v) is 18.9. The normalized spacial score (nSPS) is 18.6. The fraction of sp³-hybridized carbons (Fsp3) is 0.476. The van der Waals surface area contributed by atoms with Crippen molar-refractivity contribution in [2.75, 3.05) is 56.6 Å². The van der Waals surface area contributed by atoms with Crippen LogP contribution in [0.15, 0.2) is 18.5 Å². The van der Waals surface area contributed by atoms with Crippen LogP contribution in [0.4, 0.5) is 11.8 Å². The Morgan fingerprint density at radius 1 is 1.15 bits per heavy atom. The Kier molecular flexibility index (Phi) is 5.83. The van der Waals surface area contributed by atoms with Gasteiger partial charge in [-0.05, 0) is 18.9 Å². The maximum Gasteiger partial charge on any atom is 0.236 e. The van der Waals surface area contributed by atoms with Gasteiger partial charge in [0.2, 0.25) is 11.9 Å². The van der Waals surface area contributed by atoms with Gasteiger partial charge in [-0.15, -0.1) is 11.3 Å². The second-order valence-electron chi connectivity index (χ2n) is 8.24. The molecule has 5 heterocycles. The Bertz CT molecular complexity index is 1150. The molecular formula is C21H26N8O3S. The van der Waals surface area contributed by atoms with Crippen molar-refractivity contribution >= 4 is 39.2 Å². The lowest BCUT2D eigenvalue weighted by molar-refractivity contribution is -0.134. The summed E-state index contributed by atoms with van der Waals surface area (Å²) < 4.78 is 6.44. The summed E-state index contributed by atoms with van der Waals surface area (Å²) in [6.07, 6.45) is 4.12. The first-order chi connectivity index (χ1) is 16.0. The standard InChI is InChI=1S/C21H26N8O3S/c22-10-16(30)28-3-1-21(31,2-4-28)15-9-14-17(33-15)19(29-5-7-32-8-6-29)27-18(26-14)13-11-24-20(23)25-12-13/h9,11-12,31H,1-8,10,22H2,(H2,23,24,25). The van der Waals surface area contributed by atoms with Gasteiger partial charge in [-0.25, -0.2) is 19.9 Å². The van der Waals surface area contributed by atoms with E-state index < -0.39 is 5.60 Å². The molecule has 0 aliphatic carbocycles. The van der Waals surface area contributed by atoms with Crippen molar-refractivity contribution in [3.8, 4) is 11.4 Å². The van der Waals surface area contributed by atoms with Crippen molar-refractivity contribution in [3.63, 3.8) is 0 Å². The molecule has 33 heavy (non-hydrogen) atoms. The smallest absolute Gasteiger partial charge is 0.236 e. The van der Waals surface area contributed by atoms with E-state index in [0.29, 0.717) is 50.5 Å². The average molecular weight is 471 g/mol. The third-order valence-corrected chi connectivity index (χ3v) is 7.48. The van der Waals surface area contributed by atoms with Crippen LogP contribution in [0.3, 0.4) is 0 Å². The van der Waals surface area contributed by atoms with Crippen molar-refractivity contribution in [1.82, 2.24) is 24.8 Å². The number of morpholine rings is 1. The maximum absolute atomic E-state index is 11.9. The van der Waals surface area contributed by atoms with Gasteiger partial charge in [0.15, 0.2) is 11.6 Å². The van der Waals surface area contributed by atoms with Gasteiger partial charge in [0.1, 0.15) is 5.60 Å². The molecule has 11 nitrogen and oxygen atoms in total. The number of nitrogens with two attached hydrogens (primary N) is 2. The van der Waals surface area contributed by atoms with Gasteiger partial charge in [-0.2, -0.15) is 0 Å². The van der Waals surface area contributed by atoms with E-state index in [1.54, 1.807) is 17.3 Å². The van der Waals surface area contributed by atoms with Crippen molar-refractivity contribution in [3.05, 3.63) is 23.3 Å². The number of amides is 1. The molecule has 174 valence electrons. The number of thiophene rings is 1. The molecule has 2 fully saturated rings. The number of fused-ring (bicyclic) bond motifs is 1. The number of likely N-dealkylation sites (tertiary alicyclic amines) is 1. The molecule has 2 saturated heterocycles. The molecule has 5 rings (SSSR count). The van der Waals surface area contributed by atoms with Gasteiger partial charge in [0.05, 0.1) is 35.5 Å². The number of piperidine rings is 1. The van der Waals surface area contributed by atoms with E-state index in [4.69, 9.17) is 26.2 Å². The number of aliphatic hydroxyl groups is 1. The molecular weight excluding hydrogens is 444 g/mol. The van der Waals surface area contributed by atoms with Gasteiger partial charge in [0.25, 0.3) is 0 Å². The molecule has 1 amide bonds. The van der Waals surface area contributed by atoms with E-state index in [2.05, 4.69) is 14.9 Å². The van der Waals surface area contributed by atoms with Crippen LogP contribution in [0.25, 0.3) is 21.6 Å². The van der Waals surface area contributed by atoms with Crippen molar-refractivity contribution in [2.24, 2.45) is 5.73 Å². The minimum atomic E-state index is -1.02. The topological polar surface area (TPSA) is 157 Å². The first kappa shape index (κ1) is 21.9. The Balaban J connectivity index is 1.54. The quantitative estimate of drug-likeness (QED) is 0.485. The molecule has 0 atom stereocenters. The molecule has 5 N–H and O–H groups in total. The van der Waals surface area contributed by atoms with E-state index in [1.807, 2.05) is 6.07 Å². The SMILES string of the molecule is NCC(=O)N1CCC(O)(c2cc3nc(-c4cnc(N)nc4)nc(N4CCOCC4)c3s2)CC1. The molecule has 3 aromatic heterocycles. The van der Waals surface area contributed by atoms with Gasteiger partial charge < -0.3 is 31.1 Å². The fourth-order valence-electron chi connectivity index (χ4n) is 4.22. The van der Waals surface area contributed by atoms with E-state index in [-0.39, 0.29) is 18.4 Å². The number of carbonyl (C=O) groups is 1. The zero-order valence-electron chi connectivity index (χ0n) is 18.1. The first-order valence-electron chi connectivity index (χ1n) is 10.9. The van der Waals surface area contributed by atoms with Crippen molar-refractivity contribution < 1.29 is 14.6 Å². The molecule has 2 aliphatic heterocycles. The molecule has 0 aromatic carbocycles. The number of aromatic nitrogens is 4. The minimum absolute atomic E-state index is 0.0164. The monoisotopic (exact) mass is 470 g/mol. The van der Waals surface area contributed by atoms with Crippen LogP contribution in [0.1, 0.15) is 17.7 Å². The lowest BCUT2D eigenvalue weighted by Crippen LogP contribution is -2.46. The molecule has 3 aromatic rings. The third kappa shape index (κ3) is 4.22. The maximum atomic E-state index is 11.9. The fourth-order valence-corrected chi connectivity index (χ4v) is 5.48. The number of nitrogens with zero attached hydrogens (tertiary/aromatic N) is 6. The third-order valence-electron chi connectivity index (χ3n) is 6.17. The lowest BCUT2D eigenvalue weighted by Gasteiger charge is -2.37. The summed E-state index contributed by atoms with van der Waals surface area (Å²) in [4.78, 5) is 34.4. The highest BCUT2D eigenvalue weighted by Crippen LogP contribution is 2.42. The summed E-state index contributed by atoms with van der Waals surface area (Å²) in [6, 6.07) is 1.94. The summed E-state index contributed by atoms with van der Waals surface area (Å²) in [5.74, 6) is 1.41. The molecule has 0 saturated carbocycles. The second-order valence-corrected chi connectivity index (χ2v) is 9.29. The summed E-state index contributed by atoms with van der Waals surface area (Å²) in [7, 11) is 0. The number of carbonyl (C=O) groups excluding carboxylic acids is 1. The van der Waals surface area contributed by atoms with E-state index in [1.165, 1.54) is 11.3 Å². The molecule has 0 bridgehead atoms. The molecule has 0 radical (unpaired) electrons. The molecule has 2 aliphatic rings. The van der Waals surface area contributed by atoms with E-state index >= 15 is 0 Å². The van der Waals surface area contributed by atoms with Crippen molar-refractivity contribution in [1.29, 1.82) is 0 Å². The predicted octanol–water partition coefficient (Wildman–Crippen LogP) is 0.336. The van der Waals surface area contributed by atoms with Crippen LogP contribution in [0.5, 0.6) is 0 Å². The highest BCUT2D eigenvalue weighted by molar-refractivity contribution is 7.19. The van der Waals surface area contributed by atoms with Crippen LogP contribution in [-0.2, 0) is 15.1 Å². The number of rotatable bonds is 4. The van der Waals surface area contributed by atoms with Crippen LogP contribution >= 0.6 is 11.3 Å². The largest absolute Gasteiger partial charge is 0.384 e. The summed E-state index contributed by atoms with van der Waals surface area (Å²) in [5, 5.41) is 11.5. The highest BCUT2D eigenvalue weighted by atomic mass is 32.1. The molecule has 0 spiro atoms. The number of ether oxygens (including phenoxy) is 1. The van der Waals surface area contributed by atoms with Gasteiger partial charge >= 0.3 is 0 Å². The van der Waals surface area contributed by atoms with Gasteiger partial charge in [0, 0.05) is 43.4 Å². The lowest BCUT2D eigenvalue weighted by atomic mass is 9.90. The number of hydrogen-bond donors (Lipinski definition) is 3. The van der Waals surface area contributed by atoms with Crippen LogP contribution in [-0.4, -0.2) is 81.8 Å². The van der Waals surface area contributed by atoms with Crippen molar-refractivity contribution in [2.45, 2.75) is 18.4 Å². The van der Waals surface area contributed by atoms with Gasteiger partial charge in [-0.3, -0.25) is 4.79 Å². The highest BCUT2D eigenvalue weighted by Gasteiger charge is 2.37. The zero-order chi connectivity index (χ0) is 23.0. The van der Waals surface area contributed by atoms with Crippen LogP contribution in [0, 0.1) is 0 Å². The van der Waals surface area contributed by atoms with E-state index in [0.717, 1.165) is 34.0 Å². The Morgan fingerprint density at radius 3 is 2.52 bits per heavy atom. The Labute approximate surface area is 194 Å². The summed E-state index contributed by atoms with van der Waals surface area (Å²) in [6.45, 7) is 3.61. The summed E-state index contributed by atoms with van der Waals surface area (Å²) in [5.41, 5.74) is 11.5. The predicted molar refractivity (Wildman–Crippen MR) is 125 cm³/mol. The van der Waals surface area contributed by atoms with Crippen LogP contribution in [0.2, 0.25) is 0 Å². The Hall–Kier alpha value is -2.93. The molecule has 12 heteroatoms. The van der Waals surface area contributed by atoms with E-state index in [9.17, 15) is 9.90 Å². The number of nitrogen functional groups attached to an aromatic ring is 1.